The van der Waals surface area contributed by atoms with Crippen LogP contribution in [0.1, 0.15) is 5.56 Å². The number of benzene rings is 1. The van der Waals surface area contributed by atoms with Crippen LogP contribution in [0, 0.1) is 5.82 Å². The molecule has 1 aromatic carbocycles. The van der Waals surface area contributed by atoms with E-state index in [1.54, 1.807) is 19.2 Å². The number of hydrogen-bond acceptors (Lipinski definition) is 4. The molecule has 1 heterocycles. The number of nitrogens with zero attached hydrogens (tertiary/aromatic N) is 2. The molecular weight excluding hydrogens is 243 g/mol. The van der Waals surface area contributed by atoms with Crippen molar-refractivity contribution in [2.24, 2.45) is 7.05 Å². The Labute approximate surface area is 101 Å². The molecule has 0 aliphatic rings. The summed E-state index contributed by atoms with van der Waals surface area (Å²) < 4.78 is 14.8. The average Bonchev–Trinajstić information content (AvgIpc) is 2.60. The van der Waals surface area contributed by atoms with Crippen LogP contribution in [0.15, 0.2) is 28.2 Å². The fourth-order valence-corrected chi connectivity index (χ4v) is 2.29. The maximum atomic E-state index is 13.5. The van der Waals surface area contributed by atoms with Crippen molar-refractivity contribution >= 4 is 17.4 Å². The minimum Gasteiger partial charge on any atom is -0.398 e. The summed E-state index contributed by atoms with van der Waals surface area (Å²) in [5, 5.41) is 6.63. The number of halogens is 1. The van der Waals surface area contributed by atoms with Crippen LogP contribution < -0.4 is 11.4 Å². The number of rotatable bonds is 3. The lowest BCUT2D eigenvalue weighted by molar-refractivity contribution is 0.618. The number of H-pyrrole nitrogens is 1. The van der Waals surface area contributed by atoms with Crippen LogP contribution in [0.3, 0.4) is 0 Å². The molecule has 0 amide bonds. The molecule has 0 spiro atoms. The standard InChI is InChI=1S/C10H11FN4OS/c1-15-9(16)13-14-10(15)17-5-6-7(11)3-2-4-8(6)12/h2-4H,5,12H2,1H3,(H,13,16). The van der Waals surface area contributed by atoms with Gasteiger partial charge in [0.25, 0.3) is 0 Å². The molecule has 0 saturated heterocycles. The number of anilines is 1. The summed E-state index contributed by atoms with van der Waals surface area (Å²) in [6.07, 6.45) is 0. The van der Waals surface area contributed by atoms with Crippen LogP contribution in [-0.4, -0.2) is 14.8 Å². The second kappa shape index (κ2) is 4.62. The topological polar surface area (TPSA) is 76.7 Å². The third-order valence-corrected chi connectivity index (χ3v) is 3.40. The van der Waals surface area contributed by atoms with Crippen molar-refractivity contribution in [3.8, 4) is 0 Å². The van der Waals surface area contributed by atoms with E-state index in [2.05, 4.69) is 10.2 Å². The monoisotopic (exact) mass is 254 g/mol. The Kier molecular flexibility index (Phi) is 3.19. The molecule has 7 heteroatoms. The maximum absolute atomic E-state index is 13.5. The molecule has 1 aromatic heterocycles. The van der Waals surface area contributed by atoms with Gasteiger partial charge in [-0.3, -0.25) is 4.57 Å². The first-order valence-corrected chi connectivity index (χ1v) is 5.85. The molecule has 0 saturated carbocycles. The van der Waals surface area contributed by atoms with Crippen molar-refractivity contribution in [2.75, 3.05) is 5.73 Å². The fraction of sp³-hybridized carbons (Fsp3) is 0.200. The van der Waals surface area contributed by atoms with E-state index < -0.39 is 0 Å². The maximum Gasteiger partial charge on any atom is 0.343 e. The van der Waals surface area contributed by atoms with Gasteiger partial charge >= 0.3 is 5.69 Å². The summed E-state index contributed by atoms with van der Waals surface area (Å²) in [4.78, 5) is 11.1. The van der Waals surface area contributed by atoms with Crippen LogP contribution in [0.25, 0.3) is 0 Å². The molecule has 3 N–H and O–H groups in total. The Balaban J connectivity index is 2.18. The predicted molar refractivity (Wildman–Crippen MR) is 64.2 cm³/mol. The van der Waals surface area contributed by atoms with E-state index in [4.69, 9.17) is 5.73 Å². The van der Waals surface area contributed by atoms with Gasteiger partial charge in [0.2, 0.25) is 0 Å². The Bertz CT molecular complexity index is 572. The molecule has 2 rings (SSSR count). The summed E-state index contributed by atoms with van der Waals surface area (Å²) >= 11 is 1.25. The molecule has 0 aliphatic heterocycles. The highest BCUT2D eigenvalue weighted by Gasteiger charge is 2.10. The van der Waals surface area contributed by atoms with Gasteiger partial charge in [-0.1, -0.05) is 17.8 Å². The van der Waals surface area contributed by atoms with Crippen molar-refractivity contribution in [2.45, 2.75) is 10.9 Å². The Morgan fingerprint density at radius 2 is 2.35 bits per heavy atom. The van der Waals surface area contributed by atoms with Crippen molar-refractivity contribution in [1.29, 1.82) is 0 Å². The number of nitrogens with one attached hydrogen (secondary N) is 1. The number of nitrogens with two attached hydrogens (primary N) is 1. The van der Waals surface area contributed by atoms with Crippen LogP contribution in [0.5, 0.6) is 0 Å². The molecule has 2 aromatic rings. The number of aromatic nitrogens is 3. The highest BCUT2D eigenvalue weighted by Crippen LogP contribution is 2.24. The summed E-state index contributed by atoms with van der Waals surface area (Å²) in [5.41, 5.74) is 6.21. The van der Waals surface area contributed by atoms with Gasteiger partial charge in [-0.05, 0) is 12.1 Å². The second-order valence-electron chi connectivity index (χ2n) is 3.47. The van der Waals surface area contributed by atoms with E-state index in [1.165, 1.54) is 22.4 Å². The van der Waals surface area contributed by atoms with Crippen molar-refractivity contribution in [1.82, 2.24) is 14.8 Å². The lowest BCUT2D eigenvalue weighted by atomic mass is 10.2. The molecule has 90 valence electrons. The molecule has 0 aliphatic carbocycles. The largest absolute Gasteiger partial charge is 0.398 e. The normalized spacial score (nSPS) is 10.7. The lowest BCUT2D eigenvalue weighted by Crippen LogP contribution is -2.12. The van der Waals surface area contributed by atoms with Gasteiger partial charge in [-0.25, -0.2) is 14.3 Å². The van der Waals surface area contributed by atoms with Crippen molar-refractivity contribution < 1.29 is 4.39 Å². The fourth-order valence-electron chi connectivity index (χ4n) is 1.33. The van der Waals surface area contributed by atoms with Crippen LogP contribution in [-0.2, 0) is 12.8 Å². The molecule has 0 bridgehead atoms. The molecule has 0 unspecified atom stereocenters. The number of hydrogen-bond donors (Lipinski definition) is 2. The second-order valence-corrected chi connectivity index (χ2v) is 4.41. The number of thioether (sulfide) groups is 1. The summed E-state index contributed by atoms with van der Waals surface area (Å²) in [6.45, 7) is 0. The zero-order valence-corrected chi connectivity index (χ0v) is 9.92. The minimum absolute atomic E-state index is 0.297. The van der Waals surface area contributed by atoms with Crippen molar-refractivity contribution in [3.63, 3.8) is 0 Å². The van der Waals surface area contributed by atoms with Crippen LogP contribution >= 0.6 is 11.8 Å². The summed E-state index contributed by atoms with van der Waals surface area (Å²) in [6, 6.07) is 4.56. The van der Waals surface area contributed by atoms with Gasteiger partial charge in [0, 0.05) is 24.1 Å². The van der Waals surface area contributed by atoms with Gasteiger partial charge in [0.05, 0.1) is 0 Å². The lowest BCUT2D eigenvalue weighted by Gasteiger charge is -2.05. The molecule has 0 fully saturated rings. The van der Waals surface area contributed by atoms with E-state index in [0.29, 0.717) is 22.2 Å². The van der Waals surface area contributed by atoms with Crippen LogP contribution in [0.4, 0.5) is 10.1 Å². The van der Waals surface area contributed by atoms with E-state index in [1.807, 2.05) is 0 Å². The van der Waals surface area contributed by atoms with Gasteiger partial charge in [-0.15, -0.1) is 5.10 Å². The zero-order valence-electron chi connectivity index (χ0n) is 9.11. The van der Waals surface area contributed by atoms with E-state index >= 15 is 0 Å². The van der Waals surface area contributed by atoms with E-state index in [9.17, 15) is 9.18 Å². The summed E-state index contributed by atoms with van der Waals surface area (Å²) in [5.74, 6) is -0.0190. The minimum atomic E-state index is -0.349. The van der Waals surface area contributed by atoms with Crippen LogP contribution in [0.2, 0.25) is 0 Å². The smallest absolute Gasteiger partial charge is 0.343 e. The van der Waals surface area contributed by atoms with Gasteiger partial charge in [0.1, 0.15) is 5.82 Å². The Morgan fingerprint density at radius 1 is 1.59 bits per heavy atom. The molecule has 0 radical (unpaired) electrons. The number of aromatic amines is 1. The molecule has 5 nitrogen and oxygen atoms in total. The predicted octanol–water partition coefficient (Wildman–Crippen LogP) is 1.12. The molecule has 17 heavy (non-hydrogen) atoms. The SMILES string of the molecule is Cn1c(SCc2c(N)cccc2F)n[nH]c1=O. The quantitative estimate of drug-likeness (QED) is 0.635. The first-order chi connectivity index (χ1) is 8.09. The highest BCUT2D eigenvalue weighted by molar-refractivity contribution is 7.98. The summed E-state index contributed by atoms with van der Waals surface area (Å²) in [7, 11) is 1.60. The zero-order chi connectivity index (χ0) is 12.4. The highest BCUT2D eigenvalue weighted by atomic mass is 32.2. The van der Waals surface area contributed by atoms with E-state index in [0.717, 1.165) is 0 Å². The first-order valence-electron chi connectivity index (χ1n) is 4.86. The van der Waals surface area contributed by atoms with Gasteiger partial charge < -0.3 is 5.73 Å². The molecule has 0 atom stereocenters. The molecular formula is C10H11FN4OS. The first kappa shape index (κ1) is 11.7. The average molecular weight is 254 g/mol. The Hall–Kier alpha value is -1.76. The third-order valence-electron chi connectivity index (χ3n) is 2.34. The van der Waals surface area contributed by atoms with Crippen molar-refractivity contribution in [3.05, 3.63) is 40.1 Å². The van der Waals surface area contributed by atoms with Gasteiger partial charge in [0.15, 0.2) is 5.16 Å². The van der Waals surface area contributed by atoms with Gasteiger partial charge in [-0.2, -0.15) is 0 Å². The van der Waals surface area contributed by atoms with E-state index in [-0.39, 0.29) is 11.5 Å². The third kappa shape index (κ3) is 2.33. The Morgan fingerprint density at radius 3 is 2.94 bits per heavy atom. The number of nitrogen functional groups attached to an aromatic ring is 1.